The number of nitrogens with one attached hydrogen (secondary N) is 1. The van der Waals surface area contributed by atoms with Gasteiger partial charge < -0.3 is 10.1 Å². The van der Waals surface area contributed by atoms with Crippen LogP contribution < -0.4 is 10.1 Å². The van der Waals surface area contributed by atoms with Crippen molar-refractivity contribution in [3.8, 4) is 16.9 Å². The molecule has 1 N–H and O–H groups in total. The average Bonchev–Trinajstić information content (AvgIpc) is 2.39. The van der Waals surface area contributed by atoms with Crippen molar-refractivity contribution in [1.29, 1.82) is 0 Å². The van der Waals surface area contributed by atoms with E-state index in [1.54, 1.807) is 6.07 Å². The SMILES string of the molecule is CNCc1cccc(-c2ccc(OC)c(F)c2)c1. The highest BCUT2D eigenvalue weighted by Crippen LogP contribution is 2.26. The fraction of sp³-hybridized carbons (Fsp3) is 0.200. The highest BCUT2D eigenvalue weighted by molar-refractivity contribution is 5.65. The molecule has 3 heteroatoms. The minimum atomic E-state index is -0.339. The van der Waals surface area contributed by atoms with Crippen LogP contribution in [0.25, 0.3) is 11.1 Å². The molecule has 0 aliphatic heterocycles. The molecule has 2 aromatic rings. The summed E-state index contributed by atoms with van der Waals surface area (Å²) >= 11 is 0. The number of rotatable bonds is 4. The third-order valence-electron chi connectivity index (χ3n) is 2.79. The number of hydrogen-bond donors (Lipinski definition) is 1. The van der Waals surface area contributed by atoms with Gasteiger partial charge in [-0.3, -0.25) is 0 Å². The van der Waals surface area contributed by atoms with Gasteiger partial charge in [0.25, 0.3) is 0 Å². The molecular weight excluding hydrogens is 229 g/mol. The zero-order chi connectivity index (χ0) is 13.0. The van der Waals surface area contributed by atoms with E-state index >= 15 is 0 Å². The van der Waals surface area contributed by atoms with Crippen LogP contribution in [0.4, 0.5) is 4.39 Å². The van der Waals surface area contributed by atoms with Crippen LogP contribution in [0, 0.1) is 5.82 Å². The van der Waals surface area contributed by atoms with Gasteiger partial charge in [-0.25, -0.2) is 4.39 Å². The van der Waals surface area contributed by atoms with E-state index in [9.17, 15) is 4.39 Å². The van der Waals surface area contributed by atoms with Gasteiger partial charge in [-0.1, -0.05) is 24.3 Å². The molecule has 0 unspecified atom stereocenters. The zero-order valence-electron chi connectivity index (χ0n) is 10.5. The zero-order valence-corrected chi connectivity index (χ0v) is 10.5. The summed E-state index contributed by atoms with van der Waals surface area (Å²) in [5.74, 6) is -0.0702. The second-order valence-electron chi connectivity index (χ2n) is 4.08. The maximum absolute atomic E-state index is 13.6. The van der Waals surface area contributed by atoms with Gasteiger partial charge in [0, 0.05) is 6.54 Å². The molecule has 94 valence electrons. The van der Waals surface area contributed by atoms with Crippen LogP contribution in [0.1, 0.15) is 5.56 Å². The van der Waals surface area contributed by atoms with Crippen LogP contribution in [-0.2, 0) is 6.54 Å². The van der Waals surface area contributed by atoms with Gasteiger partial charge in [-0.05, 0) is 41.9 Å². The maximum atomic E-state index is 13.6. The Morgan fingerprint density at radius 2 is 1.89 bits per heavy atom. The lowest BCUT2D eigenvalue weighted by atomic mass is 10.0. The van der Waals surface area contributed by atoms with Gasteiger partial charge >= 0.3 is 0 Å². The third kappa shape index (κ3) is 2.68. The highest BCUT2D eigenvalue weighted by Gasteiger charge is 2.05. The predicted molar refractivity (Wildman–Crippen MR) is 71.2 cm³/mol. The second kappa shape index (κ2) is 5.65. The van der Waals surface area contributed by atoms with Crippen LogP contribution in [-0.4, -0.2) is 14.2 Å². The topological polar surface area (TPSA) is 21.3 Å². The molecule has 0 spiro atoms. The molecule has 0 saturated carbocycles. The molecule has 0 fully saturated rings. The molecule has 0 radical (unpaired) electrons. The van der Waals surface area contributed by atoms with Crippen LogP contribution in [0.2, 0.25) is 0 Å². The van der Waals surface area contributed by atoms with E-state index in [4.69, 9.17) is 4.74 Å². The van der Waals surface area contributed by atoms with Crippen molar-refractivity contribution in [3.05, 3.63) is 53.8 Å². The number of methoxy groups -OCH3 is 1. The van der Waals surface area contributed by atoms with E-state index < -0.39 is 0 Å². The largest absolute Gasteiger partial charge is 0.494 e. The van der Waals surface area contributed by atoms with E-state index in [2.05, 4.69) is 11.4 Å². The number of halogens is 1. The fourth-order valence-electron chi connectivity index (χ4n) is 1.91. The van der Waals surface area contributed by atoms with Crippen molar-refractivity contribution in [2.75, 3.05) is 14.2 Å². The van der Waals surface area contributed by atoms with Crippen molar-refractivity contribution < 1.29 is 9.13 Å². The van der Waals surface area contributed by atoms with Gasteiger partial charge in [-0.2, -0.15) is 0 Å². The Morgan fingerprint density at radius 3 is 2.56 bits per heavy atom. The summed E-state index contributed by atoms with van der Waals surface area (Å²) in [6, 6.07) is 13.1. The van der Waals surface area contributed by atoms with Gasteiger partial charge in [0.2, 0.25) is 0 Å². The van der Waals surface area contributed by atoms with E-state index in [0.717, 1.165) is 17.7 Å². The summed E-state index contributed by atoms with van der Waals surface area (Å²) in [7, 11) is 3.37. The first-order chi connectivity index (χ1) is 8.74. The first-order valence-electron chi connectivity index (χ1n) is 5.82. The number of ether oxygens (including phenoxy) is 1. The monoisotopic (exact) mass is 245 g/mol. The summed E-state index contributed by atoms with van der Waals surface area (Å²) in [5, 5.41) is 3.10. The van der Waals surface area contributed by atoms with E-state index in [0.29, 0.717) is 0 Å². The predicted octanol–water partition coefficient (Wildman–Crippen LogP) is 3.22. The minimum Gasteiger partial charge on any atom is -0.494 e. The molecule has 0 aliphatic rings. The Labute approximate surface area is 106 Å². The van der Waals surface area contributed by atoms with Crippen molar-refractivity contribution in [2.45, 2.75) is 6.54 Å². The molecule has 0 aromatic heterocycles. The lowest BCUT2D eigenvalue weighted by molar-refractivity contribution is 0.386. The van der Waals surface area contributed by atoms with Gasteiger partial charge in [0.05, 0.1) is 7.11 Å². The molecule has 0 bridgehead atoms. The van der Waals surface area contributed by atoms with Gasteiger partial charge in [0.1, 0.15) is 0 Å². The Bertz CT molecular complexity index is 540. The van der Waals surface area contributed by atoms with E-state index in [1.807, 2.05) is 31.3 Å². The lowest BCUT2D eigenvalue weighted by Gasteiger charge is -2.07. The summed E-state index contributed by atoms with van der Waals surface area (Å²) in [5.41, 5.74) is 3.03. The average molecular weight is 245 g/mol. The normalized spacial score (nSPS) is 10.4. The second-order valence-corrected chi connectivity index (χ2v) is 4.08. The molecular formula is C15H16FNO. The molecule has 2 aromatic carbocycles. The summed E-state index contributed by atoms with van der Waals surface area (Å²) in [4.78, 5) is 0. The Morgan fingerprint density at radius 1 is 1.11 bits per heavy atom. The quantitative estimate of drug-likeness (QED) is 0.893. The highest BCUT2D eigenvalue weighted by atomic mass is 19.1. The van der Waals surface area contributed by atoms with Crippen molar-refractivity contribution in [1.82, 2.24) is 5.32 Å². The minimum absolute atomic E-state index is 0.269. The summed E-state index contributed by atoms with van der Waals surface area (Å²) in [6.07, 6.45) is 0. The summed E-state index contributed by atoms with van der Waals surface area (Å²) in [6.45, 7) is 0.798. The molecule has 0 heterocycles. The van der Waals surface area contributed by atoms with Crippen LogP contribution in [0.5, 0.6) is 5.75 Å². The van der Waals surface area contributed by atoms with Crippen LogP contribution >= 0.6 is 0 Å². The Balaban J connectivity index is 2.36. The molecule has 0 aliphatic carbocycles. The third-order valence-corrected chi connectivity index (χ3v) is 2.79. The van der Waals surface area contributed by atoms with Crippen molar-refractivity contribution in [3.63, 3.8) is 0 Å². The lowest BCUT2D eigenvalue weighted by Crippen LogP contribution is -2.04. The fourth-order valence-corrected chi connectivity index (χ4v) is 1.91. The van der Waals surface area contributed by atoms with Gasteiger partial charge in [0.15, 0.2) is 11.6 Å². The molecule has 2 rings (SSSR count). The Hall–Kier alpha value is -1.87. The van der Waals surface area contributed by atoms with Crippen molar-refractivity contribution >= 4 is 0 Å². The van der Waals surface area contributed by atoms with Gasteiger partial charge in [-0.15, -0.1) is 0 Å². The van der Waals surface area contributed by atoms with Crippen molar-refractivity contribution in [2.24, 2.45) is 0 Å². The first kappa shape index (κ1) is 12.6. The number of hydrogen-bond acceptors (Lipinski definition) is 2. The molecule has 0 amide bonds. The van der Waals surface area contributed by atoms with E-state index in [1.165, 1.54) is 18.7 Å². The van der Waals surface area contributed by atoms with Crippen LogP contribution in [0.3, 0.4) is 0 Å². The summed E-state index contributed by atoms with van der Waals surface area (Å²) < 4.78 is 18.6. The van der Waals surface area contributed by atoms with E-state index in [-0.39, 0.29) is 11.6 Å². The number of benzene rings is 2. The molecule has 0 saturated heterocycles. The molecule has 2 nitrogen and oxygen atoms in total. The van der Waals surface area contributed by atoms with Crippen LogP contribution in [0.15, 0.2) is 42.5 Å². The Kier molecular flexibility index (Phi) is 3.95. The molecule has 0 atom stereocenters. The smallest absolute Gasteiger partial charge is 0.165 e. The standard InChI is InChI=1S/C15H16FNO/c1-17-10-11-4-3-5-12(8-11)13-6-7-15(18-2)14(16)9-13/h3-9,17H,10H2,1-2H3. The first-order valence-corrected chi connectivity index (χ1v) is 5.82. The molecule has 18 heavy (non-hydrogen) atoms. The maximum Gasteiger partial charge on any atom is 0.165 e.